The van der Waals surface area contributed by atoms with E-state index in [2.05, 4.69) is 18.2 Å². The van der Waals surface area contributed by atoms with Crippen molar-refractivity contribution in [3.8, 4) is 0 Å². The van der Waals surface area contributed by atoms with Crippen LogP contribution in [0, 0.1) is 6.92 Å². The van der Waals surface area contributed by atoms with Crippen LogP contribution < -0.4 is 0 Å². The molecule has 2 aromatic carbocycles. The summed E-state index contributed by atoms with van der Waals surface area (Å²) in [5.74, 6) is -0.517. The summed E-state index contributed by atoms with van der Waals surface area (Å²) in [5.41, 5.74) is 4.43. The van der Waals surface area contributed by atoms with Crippen molar-refractivity contribution in [3.05, 3.63) is 77.4 Å². The average molecular weight is 349 g/mol. The van der Waals surface area contributed by atoms with Crippen molar-refractivity contribution in [2.24, 2.45) is 0 Å². The molecule has 1 heterocycles. The lowest BCUT2D eigenvalue weighted by atomic mass is 10.00. The minimum absolute atomic E-state index is 0.147. The molecule has 4 heteroatoms. The van der Waals surface area contributed by atoms with Crippen molar-refractivity contribution < 1.29 is 14.3 Å². The van der Waals surface area contributed by atoms with Gasteiger partial charge in [0.15, 0.2) is 6.61 Å². The van der Waals surface area contributed by atoms with E-state index in [0.717, 1.165) is 17.5 Å². The van der Waals surface area contributed by atoms with Crippen molar-refractivity contribution in [3.63, 3.8) is 0 Å². The van der Waals surface area contributed by atoms with E-state index in [1.807, 2.05) is 49.4 Å². The molecular weight excluding hydrogens is 326 g/mol. The zero-order valence-electron chi connectivity index (χ0n) is 15.0. The van der Waals surface area contributed by atoms with Gasteiger partial charge in [0.1, 0.15) is 0 Å². The minimum atomic E-state index is -0.370. The van der Waals surface area contributed by atoms with Crippen LogP contribution in [-0.2, 0) is 20.7 Å². The molecule has 3 rings (SSSR count). The van der Waals surface area contributed by atoms with Crippen LogP contribution >= 0.6 is 0 Å². The Morgan fingerprint density at radius 2 is 1.77 bits per heavy atom. The molecule has 26 heavy (non-hydrogen) atoms. The third-order valence-electron chi connectivity index (χ3n) is 4.66. The fourth-order valence-corrected chi connectivity index (χ4v) is 3.06. The molecule has 1 amide bonds. The largest absolute Gasteiger partial charge is 0.455 e. The number of nitrogens with zero attached hydrogens (tertiary/aromatic N) is 1. The molecule has 0 unspecified atom stereocenters. The van der Waals surface area contributed by atoms with Gasteiger partial charge in [0.05, 0.1) is 6.42 Å². The van der Waals surface area contributed by atoms with Gasteiger partial charge in [-0.1, -0.05) is 60.7 Å². The van der Waals surface area contributed by atoms with Crippen LogP contribution in [-0.4, -0.2) is 36.5 Å². The van der Waals surface area contributed by atoms with Crippen LogP contribution in [0.5, 0.6) is 0 Å². The van der Waals surface area contributed by atoms with E-state index in [-0.39, 0.29) is 24.9 Å². The Kier molecular flexibility index (Phi) is 5.84. The van der Waals surface area contributed by atoms with Crippen LogP contribution in [0.15, 0.2) is 60.7 Å². The molecule has 0 N–H and O–H groups in total. The Bertz CT molecular complexity index is 811. The fourth-order valence-electron chi connectivity index (χ4n) is 3.06. The monoisotopic (exact) mass is 349 g/mol. The zero-order valence-corrected chi connectivity index (χ0v) is 15.0. The molecule has 0 bridgehead atoms. The Balaban J connectivity index is 1.48. The van der Waals surface area contributed by atoms with Crippen LogP contribution in [0.4, 0.5) is 0 Å². The molecule has 134 valence electrons. The molecule has 1 aliphatic heterocycles. The van der Waals surface area contributed by atoms with E-state index in [1.165, 1.54) is 11.1 Å². The summed E-state index contributed by atoms with van der Waals surface area (Å²) >= 11 is 0. The van der Waals surface area contributed by atoms with Crippen molar-refractivity contribution in [2.75, 3.05) is 19.7 Å². The first-order valence-electron chi connectivity index (χ1n) is 8.86. The zero-order chi connectivity index (χ0) is 18.4. The van der Waals surface area contributed by atoms with E-state index in [4.69, 9.17) is 4.74 Å². The number of ether oxygens (including phenoxy) is 1. The number of aryl methyl sites for hydroxylation is 1. The molecular formula is C22H23NO3. The number of benzene rings is 2. The lowest BCUT2D eigenvalue weighted by Crippen LogP contribution is -2.37. The highest BCUT2D eigenvalue weighted by molar-refractivity contribution is 5.82. The summed E-state index contributed by atoms with van der Waals surface area (Å²) in [6.45, 7) is 2.96. The van der Waals surface area contributed by atoms with Crippen molar-refractivity contribution in [2.45, 2.75) is 19.8 Å². The van der Waals surface area contributed by atoms with E-state index >= 15 is 0 Å². The van der Waals surface area contributed by atoms with Gasteiger partial charge in [0.25, 0.3) is 5.91 Å². The normalized spacial score (nSPS) is 13.9. The van der Waals surface area contributed by atoms with Gasteiger partial charge in [0.2, 0.25) is 0 Å². The SMILES string of the molecule is Cc1ccccc1CC(=O)OCC(=O)N1CC=C(c2ccccc2)CC1. The second-order valence-electron chi connectivity index (χ2n) is 6.45. The molecule has 0 spiro atoms. The van der Waals surface area contributed by atoms with Gasteiger partial charge >= 0.3 is 5.97 Å². The Hall–Kier alpha value is -2.88. The highest BCUT2D eigenvalue weighted by Crippen LogP contribution is 2.22. The molecule has 0 aliphatic carbocycles. The van der Waals surface area contributed by atoms with Gasteiger partial charge in [-0.2, -0.15) is 0 Å². The van der Waals surface area contributed by atoms with Crippen molar-refractivity contribution in [1.29, 1.82) is 0 Å². The summed E-state index contributed by atoms with van der Waals surface area (Å²) in [5, 5.41) is 0. The predicted molar refractivity (Wildman–Crippen MR) is 101 cm³/mol. The second kappa shape index (κ2) is 8.48. The first-order chi connectivity index (χ1) is 12.6. The van der Waals surface area contributed by atoms with Gasteiger partial charge in [0, 0.05) is 13.1 Å². The van der Waals surface area contributed by atoms with Crippen LogP contribution in [0.3, 0.4) is 0 Å². The highest BCUT2D eigenvalue weighted by Gasteiger charge is 2.19. The molecule has 1 aliphatic rings. The summed E-state index contributed by atoms with van der Waals surface area (Å²) < 4.78 is 5.18. The lowest BCUT2D eigenvalue weighted by molar-refractivity contribution is -0.151. The molecule has 0 radical (unpaired) electrons. The predicted octanol–water partition coefficient (Wildman–Crippen LogP) is 3.40. The van der Waals surface area contributed by atoms with E-state index < -0.39 is 0 Å². The van der Waals surface area contributed by atoms with Gasteiger partial charge in [-0.3, -0.25) is 9.59 Å². The van der Waals surface area contributed by atoms with Crippen LogP contribution in [0.1, 0.15) is 23.1 Å². The van der Waals surface area contributed by atoms with E-state index in [9.17, 15) is 9.59 Å². The third-order valence-corrected chi connectivity index (χ3v) is 4.66. The average Bonchev–Trinajstić information content (AvgIpc) is 2.69. The van der Waals surface area contributed by atoms with Crippen LogP contribution in [0.25, 0.3) is 5.57 Å². The third kappa shape index (κ3) is 4.60. The molecule has 0 atom stereocenters. The maximum Gasteiger partial charge on any atom is 0.310 e. The fraction of sp³-hybridized carbons (Fsp3) is 0.273. The highest BCUT2D eigenvalue weighted by atomic mass is 16.5. The van der Waals surface area contributed by atoms with Crippen molar-refractivity contribution >= 4 is 17.4 Å². The maximum absolute atomic E-state index is 12.3. The number of esters is 1. The topological polar surface area (TPSA) is 46.6 Å². The standard InChI is InChI=1S/C22H23NO3/c1-17-7-5-6-10-20(17)15-22(25)26-16-21(24)23-13-11-19(12-14-23)18-8-3-2-4-9-18/h2-11H,12-16H2,1H3. The Morgan fingerprint density at radius 3 is 2.46 bits per heavy atom. The number of hydrogen-bond donors (Lipinski definition) is 0. The van der Waals surface area contributed by atoms with E-state index in [1.54, 1.807) is 4.90 Å². The molecule has 4 nitrogen and oxygen atoms in total. The van der Waals surface area contributed by atoms with Crippen LogP contribution in [0.2, 0.25) is 0 Å². The summed E-state index contributed by atoms with van der Waals surface area (Å²) in [4.78, 5) is 26.0. The number of carbonyl (C=O) groups excluding carboxylic acids is 2. The Morgan fingerprint density at radius 1 is 1.04 bits per heavy atom. The summed E-state index contributed by atoms with van der Waals surface area (Å²) in [6, 6.07) is 17.9. The molecule has 0 saturated heterocycles. The quantitative estimate of drug-likeness (QED) is 0.777. The smallest absolute Gasteiger partial charge is 0.310 e. The minimum Gasteiger partial charge on any atom is -0.455 e. The first-order valence-corrected chi connectivity index (χ1v) is 8.86. The van der Waals surface area contributed by atoms with Gasteiger partial charge in [-0.05, 0) is 35.6 Å². The van der Waals surface area contributed by atoms with Gasteiger partial charge in [-0.15, -0.1) is 0 Å². The maximum atomic E-state index is 12.3. The van der Waals surface area contributed by atoms with Gasteiger partial charge < -0.3 is 9.64 Å². The molecule has 0 saturated carbocycles. The summed E-state index contributed by atoms with van der Waals surface area (Å²) in [6.07, 6.45) is 3.08. The van der Waals surface area contributed by atoms with E-state index in [0.29, 0.717) is 13.1 Å². The molecule has 2 aromatic rings. The summed E-state index contributed by atoms with van der Waals surface area (Å²) in [7, 11) is 0. The Labute approximate surface area is 154 Å². The molecule has 0 aromatic heterocycles. The number of hydrogen-bond acceptors (Lipinski definition) is 3. The lowest BCUT2D eigenvalue weighted by Gasteiger charge is -2.26. The van der Waals surface area contributed by atoms with Crippen molar-refractivity contribution in [1.82, 2.24) is 4.90 Å². The molecule has 0 fully saturated rings. The first kappa shape index (κ1) is 17.9. The second-order valence-corrected chi connectivity index (χ2v) is 6.45. The van der Waals surface area contributed by atoms with Gasteiger partial charge in [-0.25, -0.2) is 0 Å². The number of amides is 1. The number of rotatable bonds is 5. The number of carbonyl (C=O) groups is 2.